The number of nitrogens with zero attached hydrogens (tertiary/aromatic N) is 1. The number of aliphatic hydroxyl groups is 1. The minimum absolute atomic E-state index is 0.0901. The number of fused-ring (bicyclic) bond motifs is 2. The quantitative estimate of drug-likeness (QED) is 0.752. The van der Waals surface area contributed by atoms with Crippen molar-refractivity contribution in [3.05, 3.63) is 35.2 Å². The van der Waals surface area contributed by atoms with Crippen LogP contribution in [-0.4, -0.2) is 53.1 Å². The normalized spacial score (nSPS) is 26.7. The number of piperazine rings is 1. The Labute approximate surface area is 143 Å². The van der Waals surface area contributed by atoms with Gasteiger partial charge in [0.05, 0.1) is 6.61 Å². The lowest BCUT2D eigenvalue weighted by atomic mass is 10.1. The van der Waals surface area contributed by atoms with Gasteiger partial charge in [0.1, 0.15) is 12.1 Å². The van der Waals surface area contributed by atoms with Crippen LogP contribution in [0.4, 0.5) is 0 Å². The number of benzene rings is 1. The zero-order chi connectivity index (χ0) is 16.7. The number of carbonyl (C=O) groups is 2. The molecule has 126 valence electrons. The van der Waals surface area contributed by atoms with E-state index < -0.39 is 12.1 Å². The van der Waals surface area contributed by atoms with Crippen molar-refractivity contribution < 1.29 is 14.7 Å². The third-order valence-electron chi connectivity index (χ3n) is 4.73. The van der Waals surface area contributed by atoms with Crippen LogP contribution >= 0.6 is 11.3 Å². The van der Waals surface area contributed by atoms with Gasteiger partial charge in [0.15, 0.2) is 0 Å². The van der Waals surface area contributed by atoms with Gasteiger partial charge in [-0.3, -0.25) is 9.59 Å². The Morgan fingerprint density at radius 3 is 2.96 bits per heavy atom. The second-order valence-electron chi connectivity index (χ2n) is 6.31. The van der Waals surface area contributed by atoms with Crippen LogP contribution in [0.3, 0.4) is 0 Å². The summed E-state index contributed by atoms with van der Waals surface area (Å²) in [6.45, 7) is 0.885. The molecule has 7 heteroatoms. The summed E-state index contributed by atoms with van der Waals surface area (Å²) < 4.78 is 1.26. The lowest BCUT2D eigenvalue weighted by Crippen LogP contribution is -2.62. The summed E-state index contributed by atoms with van der Waals surface area (Å²) in [5, 5.41) is 16.5. The van der Waals surface area contributed by atoms with Gasteiger partial charge in [0.2, 0.25) is 11.8 Å². The van der Waals surface area contributed by atoms with Crippen molar-refractivity contribution >= 4 is 33.2 Å². The Balaban J connectivity index is 1.41. The number of carbonyl (C=O) groups excluding carboxylic acids is 2. The Morgan fingerprint density at radius 1 is 1.33 bits per heavy atom. The lowest BCUT2D eigenvalue weighted by Gasteiger charge is -2.33. The van der Waals surface area contributed by atoms with E-state index >= 15 is 0 Å². The van der Waals surface area contributed by atoms with E-state index in [-0.39, 0.29) is 24.5 Å². The third kappa shape index (κ3) is 2.68. The predicted molar refractivity (Wildman–Crippen MR) is 91.6 cm³/mol. The molecule has 4 rings (SSSR count). The van der Waals surface area contributed by atoms with E-state index in [4.69, 9.17) is 0 Å². The van der Waals surface area contributed by atoms with E-state index in [1.165, 1.54) is 15.0 Å². The van der Waals surface area contributed by atoms with Crippen molar-refractivity contribution in [2.24, 2.45) is 0 Å². The highest BCUT2D eigenvalue weighted by Crippen LogP contribution is 2.26. The number of amides is 2. The molecule has 1 aromatic carbocycles. The fourth-order valence-electron chi connectivity index (χ4n) is 3.50. The Bertz CT molecular complexity index is 757. The molecule has 3 atom stereocenters. The van der Waals surface area contributed by atoms with E-state index in [0.29, 0.717) is 13.0 Å². The monoisotopic (exact) mass is 345 g/mol. The zero-order valence-electron chi connectivity index (χ0n) is 13.1. The molecule has 0 bridgehead atoms. The van der Waals surface area contributed by atoms with Crippen molar-refractivity contribution in [1.29, 1.82) is 0 Å². The van der Waals surface area contributed by atoms with Crippen LogP contribution in [0.1, 0.15) is 11.3 Å². The summed E-state index contributed by atoms with van der Waals surface area (Å²) in [6.07, 6.45) is 0.612. The smallest absolute Gasteiger partial charge is 0.248 e. The first-order chi connectivity index (χ1) is 11.7. The Hall–Kier alpha value is -1.96. The summed E-state index contributed by atoms with van der Waals surface area (Å²) in [5.41, 5.74) is 0. The molecule has 3 heterocycles. The second kappa shape index (κ2) is 6.16. The molecule has 1 aromatic heterocycles. The van der Waals surface area contributed by atoms with Crippen molar-refractivity contribution in [3.63, 3.8) is 0 Å². The van der Waals surface area contributed by atoms with Crippen LogP contribution in [-0.2, 0) is 16.1 Å². The van der Waals surface area contributed by atoms with Gasteiger partial charge in [-0.15, -0.1) is 11.3 Å². The molecular formula is C17H19N3O3S. The molecule has 0 saturated carbocycles. The van der Waals surface area contributed by atoms with Crippen LogP contribution in [0.5, 0.6) is 0 Å². The molecule has 24 heavy (non-hydrogen) atoms. The molecule has 3 N–H and O–H groups in total. The van der Waals surface area contributed by atoms with Crippen LogP contribution in [0.25, 0.3) is 10.1 Å². The van der Waals surface area contributed by atoms with E-state index in [1.807, 2.05) is 12.1 Å². The first kappa shape index (κ1) is 15.6. The Kier molecular flexibility index (Phi) is 3.99. The summed E-state index contributed by atoms with van der Waals surface area (Å²) in [7, 11) is 0. The van der Waals surface area contributed by atoms with E-state index in [0.717, 1.165) is 6.54 Å². The van der Waals surface area contributed by atoms with Crippen molar-refractivity contribution in [1.82, 2.24) is 15.5 Å². The fraction of sp³-hybridized carbons (Fsp3) is 0.412. The SMILES string of the molecule is O=C1N[C@@H](CO)C(=O)N2C[C@@H](NCc3cc4ccccc4s3)C[C@@H]12. The van der Waals surface area contributed by atoms with Gasteiger partial charge in [-0.2, -0.15) is 0 Å². The standard InChI is InChI=1S/C17H19N3O3S/c21-9-13-17(23)20-8-11(6-14(20)16(22)19-13)18-7-12-5-10-3-1-2-4-15(10)24-12/h1-5,11,13-14,18,21H,6-9H2,(H,19,22)/t11-,13-,14-/m0/s1. The summed E-state index contributed by atoms with van der Waals surface area (Å²) >= 11 is 1.76. The third-order valence-corrected chi connectivity index (χ3v) is 5.84. The predicted octanol–water partition coefficient (Wildman–Crippen LogP) is 0.451. The Morgan fingerprint density at radius 2 is 2.17 bits per heavy atom. The number of hydrogen-bond donors (Lipinski definition) is 3. The molecular weight excluding hydrogens is 326 g/mol. The lowest BCUT2D eigenvalue weighted by molar-refractivity contribution is -0.148. The first-order valence-electron chi connectivity index (χ1n) is 8.08. The first-order valence-corrected chi connectivity index (χ1v) is 8.90. The van der Waals surface area contributed by atoms with Gasteiger partial charge in [0.25, 0.3) is 0 Å². The van der Waals surface area contributed by atoms with Crippen molar-refractivity contribution in [2.45, 2.75) is 31.1 Å². The largest absolute Gasteiger partial charge is 0.394 e. The van der Waals surface area contributed by atoms with Gasteiger partial charge < -0.3 is 20.6 Å². The van der Waals surface area contributed by atoms with Crippen LogP contribution in [0, 0.1) is 0 Å². The summed E-state index contributed by atoms with van der Waals surface area (Å²) in [5.74, 6) is -0.354. The zero-order valence-corrected chi connectivity index (χ0v) is 13.9. The number of rotatable bonds is 4. The maximum absolute atomic E-state index is 12.2. The minimum atomic E-state index is -0.796. The van der Waals surface area contributed by atoms with Crippen LogP contribution in [0.2, 0.25) is 0 Å². The number of aliphatic hydroxyl groups excluding tert-OH is 1. The molecule has 2 amide bonds. The maximum atomic E-state index is 12.2. The molecule has 2 aliphatic heterocycles. The van der Waals surface area contributed by atoms with Gasteiger partial charge >= 0.3 is 0 Å². The topological polar surface area (TPSA) is 81.7 Å². The minimum Gasteiger partial charge on any atom is -0.394 e. The average Bonchev–Trinajstić information content (AvgIpc) is 3.20. The maximum Gasteiger partial charge on any atom is 0.248 e. The fourth-order valence-corrected chi connectivity index (χ4v) is 4.51. The van der Waals surface area contributed by atoms with Crippen molar-refractivity contribution in [3.8, 4) is 0 Å². The van der Waals surface area contributed by atoms with Gasteiger partial charge in [-0.1, -0.05) is 18.2 Å². The molecule has 2 saturated heterocycles. The van der Waals surface area contributed by atoms with Crippen LogP contribution < -0.4 is 10.6 Å². The second-order valence-corrected chi connectivity index (χ2v) is 7.48. The van der Waals surface area contributed by atoms with E-state index in [2.05, 4.69) is 28.8 Å². The van der Waals surface area contributed by atoms with Gasteiger partial charge in [0, 0.05) is 28.7 Å². The molecule has 6 nitrogen and oxygen atoms in total. The molecule has 0 unspecified atom stereocenters. The molecule has 2 fully saturated rings. The van der Waals surface area contributed by atoms with Gasteiger partial charge in [-0.05, 0) is 23.9 Å². The molecule has 0 radical (unpaired) electrons. The van der Waals surface area contributed by atoms with Crippen LogP contribution in [0.15, 0.2) is 30.3 Å². The number of nitrogens with one attached hydrogen (secondary N) is 2. The number of hydrogen-bond acceptors (Lipinski definition) is 5. The number of thiophene rings is 1. The average molecular weight is 345 g/mol. The van der Waals surface area contributed by atoms with E-state index in [1.54, 1.807) is 16.2 Å². The van der Waals surface area contributed by atoms with E-state index in [9.17, 15) is 14.7 Å². The van der Waals surface area contributed by atoms with Gasteiger partial charge in [-0.25, -0.2) is 0 Å². The molecule has 0 aliphatic carbocycles. The highest BCUT2D eigenvalue weighted by atomic mass is 32.1. The molecule has 2 aliphatic rings. The molecule has 0 spiro atoms. The highest BCUT2D eigenvalue weighted by Gasteiger charge is 2.45. The highest BCUT2D eigenvalue weighted by molar-refractivity contribution is 7.19. The molecule has 2 aromatic rings. The summed E-state index contributed by atoms with van der Waals surface area (Å²) in [4.78, 5) is 27.2. The van der Waals surface area contributed by atoms with Crippen molar-refractivity contribution in [2.75, 3.05) is 13.2 Å². The summed E-state index contributed by atoms with van der Waals surface area (Å²) in [6, 6.07) is 9.33.